The molecule has 0 fully saturated rings. The maximum absolute atomic E-state index is 8.44. The van der Waals surface area contributed by atoms with Crippen LogP contribution in [-0.2, 0) is 22.4 Å². The maximum atomic E-state index is 8.44. The summed E-state index contributed by atoms with van der Waals surface area (Å²) in [6.45, 7) is 9.50. The van der Waals surface area contributed by atoms with E-state index in [-0.39, 0.29) is 81.5 Å². The minimum Gasteiger partial charge on any atom is -0.565 e. The molecular formula is C3HAgN2Na2O3. The maximum Gasteiger partial charge on any atom is 1.00 e. The second-order valence-corrected chi connectivity index (χ2v) is 0.266. The Morgan fingerprint density at radius 3 is 1.18 bits per heavy atom. The van der Waals surface area contributed by atoms with E-state index in [1.807, 2.05) is 0 Å². The number of carboxylic acid groups (broad SMARTS) is 2. The van der Waals surface area contributed by atoms with E-state index >= 15 is 0 Å². The molecule has 11 heavy (non-hydrogen) atoms. The third-order valence-corrected chi connectivity index (χ3v) is 0. The molecule has 0 saturated heterocycles. The van der Waals surface area contributed by atoms with E-state index in [1.165, 1.54) is 0 Å². The van der Waals surface area contributed by atoms with Gasteiger partial charge in [0.1, 0.15) is 0 Å². The molecule has 0 amide bonds. The minimum atomic E-state index is -2.08. The Labute approximate surface area is 124 Å². The first kappa shape index (κ1) is 40.4. The van der Waals surface area contributed by atoms with Crippen molar-refractivity contribution in [3.8, 4) is 0 Å². The van der Waals surface area contributed by atoms with E-state index in [2.05, 4.69) is 0 Å². The van der Waals surface area contributed by atoms with Crippen LogP contribution in [0.5, 0.6) is 0 Å². The van der Waals surface area contributed by atoms with Crippen LogP contribution >= 0.6 is 0 Å². The van der Waals surface area contributed by atoms with Crippen LogP contribution in [0.15, 0.2) is 0 Å². The molecule has 8 heteroatoms. The molecule has 0 aromatic heterocycles. The van der Waals surface area contributed by atoms with Gasteiger partial charge in [-0.15, -0.1) is 0 Å². The van der Waals surface area contributed by atoms with Crippen LogP contribution in [0.2, 0.25) is 0 Å². The summed E-state index contributed by atoms with van der Waals surface area (Å²) in [6.07, 6.45) is -2.08. The van der Waals surface area contributed by atoms with Crippen LogP contribution in [0.1, 0.15) is 0 Å². The third kappa shape index (κ3) is 906. The first-order valence-corrected chi connectivity index (χ1v) is 1.08. The fraction of sp³-hybridized carbons (Fsp3) is 0. The summed E-state index contributed by atoms with van der Waals surface area (Å²) < 4.78 is 0. The summed E-state index contributed by atoms with van der Waals surface area (Å²) in [5.41, 5.74) is 0. The molecule has 5 nitrogen and oxygen atoms in total. The molecule has 0 rings (SSSR count). The number of carbonyl (C=O) groups is 1. The van der Waals surface area contributed by atoms with Crippen molar-refractivity contribution in [2.75, 3.05) is 0 Å². The Morgan fingerprint density at radius 2 is 1.18 bits per heavy atom. The smallest absolute Gasteiger partial charge is 0.565 e. The van der Waals surface area contributed by atoms with E-state index in [0.29, 0.717) is 0 Å². The van der Waals surface area contributed by atoms with Gasteiger partial charge in [0, 0.05) is 0 Å². The third-order valence-electron chi connectivity index (χ3n) is 0. The molecule has 0 atom stereocenters. The summed E-state index contributed by atoms with van der Waals surface area (Å²) >= 11 is 0. The van der Waals surface area contributed by atoms with Crippen LogP contribution in [0.3, 0.4) is 0 Å². The zero-order chi connectivity index (χ0) is 7.58. The van der Waals surface area contributed by atoms with Crippen LogP contribution in [0.25, 0.3) is 0 Å². The van der Waals surface area contributed by atoms with Gasteiger partial charge in [-0.1, -0.05) is 0 Å². The van der Waals surface area contributed by atoms with Gasteiger partial charge in [0.15, 0.2) is 0 Å². The van der Waals surface area contributed by atoms with E-state index in [1.54, 1.807) is 0 Å². The molecule has 0 aromatic rings. The molecule has 0 bridgehead atoms. The molecule has 54 valence electrons. The Bertz CT molecular complexity index is 87.1. The van der Waals surface area contributed by atoms with Gasteiger partial charge in [0.25, 0.3) is 0 Å². The van der Waals surface area contributed by atoms with Crippen LogP contribution in [0.4, 0.5) is 4.79 Å². The summed E-state index contributed by atoms with van der Waals surface area (Å²) in [5.74, 6) is 0. The van der Waals surface area contributed by atoms with Crippen LogP contribution < -0.4 is 64.2 Å². The summed E-state index contributed by atoms with van der Waals surface area (Å²) in [5, 5.41) is 27.8. The van der Waals surface area contributed by atoms with Crippen molar-refractivity contribution in [1.29, 1.82) is 10.5 Å². The van der Waals surface area contributed by atoms with E-state index in [9.17, 15) is 0 Å². The van der Waals surface area contributed by atoms with E-state index < -0.39 is 6.16 Å². The number of hydrogen-bond donors (Lipinski definition) is 1. The molecule has 1 N–H and O–H groups in total. The molecule has 0 saturated carbocycles. The normalized spacial score (nSPS) is 2.55. The fourth-order valence-corrected chi connectivity index (χ4v) is 0. The largest absolute Gasteiger partial charge is 1.00 e. The predicted molar refractivity (Wildman–Crippen MR) is 18.0 cm³/mol. The molecule has 0 unspecified atom stereocenters. The standard InChI is InChI=1S/2CN.CH2O3.Ag.2Na/c2*1-2;2-1(3)4;;;/h;;(H2,2,3,4);;;/q2*-1;;3*+1/p-1. The molecule has 0 heterocycles. The van der Waals surface area contributed by atoms with Crippen molar-refractivity contribution in [2.45, 2.75) is 0 Å². The monoisotopic (exact) mass is 266 g/mol. The molecule has 0 aromatic carbocycles. The Morgan fingerprint density at radius 1 is 1.18 bits per heavy atom. The molecule has 0 spiro atoms. The molecule has 0 aliphatic heterocycles. The zero-order valence-electron chi connectivity index (χ0n) is 5.96. The summed E-state index contributed by atoms with van der Waals surface area (Å²) in [7, 11) is 0. The molecule has 0 radical (unpaired) electrons. The van der Waals surface area contributed by atoms with Gasteiger partial charge >= 0.3 is 81.5 Å². The van der Waals surface area contributed by atoms with Crippen molar-refractivity contribution >= 4 is 6.16 Å². The first-order chi connectivity index (χ1) is 3.73. The van der Waals surface area contributed by atoms with Crippen molar-refractivity contribution < 1.29 is 96.5 Å². The van der Waals surface area contributed by atoms with Crippen molar-refractivity contribution in [2.24, 2.45) is 0 Å². The second kappa shape index (κ2) is 68.9. The SMILES string of the molecule is O=C([O-])O.[Ag+].[C-]#N.[C-]#N.[Na+].[Na+]. The van der Waals surface area contributed by atoms with Gasteiger partial charge in [0.05, 0.1) is 0 Å². The Balaban J connectivity index is -0.00000000813. The van der Waals surface area contributed by atoms with Gasteiger partial charge in [-0.05, 0) is 0 Å². The van der Waals surface area contributed by atoms with E-state index in [4.69, 9.17) is 38.7 Å². The second-order valence-electron chi connectivity index (χ2n) is 0.266. The van der Waals surface area contributed by atoms with Crippen molar-refractivity contribution in [1.82, 2.24) is 0 Å². The Kier molecular flexibility index (Phi) is 253. The number of nitrogens with zero attached hydrogens (tertiary/aromatic N) is 2. The van der Waals surface area contributed by atoms with Crippen LogP contribution in [0, 0.1) is 23.7 Å². The van der Waals surface area contributed by atoms with Gasteiger partial charge in [-0.3, -0.25) is 0 Å². The quantitative estimate of drug-likeness (QED) is 0.346. The zero-order valence-corrected chi connectivity index (χ0v) is 11.4. The molecule has 0 aliphatic rings. The summed E-state index contributed by atoms with van der Waals surface area (Å²) in [4.78, 5) is 8.44. The van der Waals surface area contributed by atoms with Gasteiger partial charge < -0.3 is 38.7 Å². The van der Waals surface area contributed by atoms with Crippen molar-refractivity contribution in [3.05, 3.63) is 13.1 Å². The Hall–Kier alpha value is 0.990. The average molecular weight is 267 g/mol. The van der Waals surface area contributed by atoms with Gasteiger partial charge in [-0.2, -0.15) is 0 Å². The minimum absolute atomic E-state index is 0. The molecular weight excluding hydrogens is 266 g/mol. The topological polar surface area (TPSA) is 108 Å². The van der Waals surface area contributed by atoms with E-state index in [0.717, 1.165) is 0 Å². The predicted octanol–water partition coefficient (Wildman–Crippen LogP) is -6.91. The summed E-state index contributed by atoms with van der Waals surface area (Å²) in [6, 6.07) is 0. The van der Waals surface area contributed by atoms with Crippen molar-refractivity contribution in [3.63, 3.8) is 0 Å². The first-order valence-electron chi connectivity index (χ1n) is 1.08. The number of hydrogen-bond acceptors (Lipinski definition) is 4. The molecule has 0 aliphatic carbocycles. The van der Waals surface area contributed by atoms with Gasteiger partial charge in [-0.25, -0.2) is 0 Å². The number of rotatable bonds is 0. The fourth-order valence-electron chi connectivity index (χ4n) is 0. The van der Waals surface area contributed by atoms with Crippen LogP contribution in [-0.4, -0.2) is 11.3 Å². The van der Waals surface area contributed by atoms with Gasteiger partial charge in [0.2, 0.25) is 6.16 Å². The average Bonchev–Trinajstić information content (AvgIpc) is 1.75.